The Hall–Kier alpha value is -5.23. The van der Waals surface area contributed by atoms with E-state index in [-0.39, 0.29) is 5.91 Å². The van der Waals surface area contributed by atoms with Crippen LogP contribution >= 0.6 is 0 Å². The molecule has 0 aromatic heterocycles. The summed E-state index contributed by atoms with van der Waals surface area (Å²) in [5.41, 5.74) is 2.46. The highest BCUT2D eigenvalue weighted by atomic mass is 16.5. The Morgan fingerprint density at radius 2 is 0.833 bits per heavy atom. The third-order valence-corrected chi connectivity index (χ3v) is 12.2. The van der Waals surface area contributed by atoms with E-state index in [0.29, 0.717) is 56.3 Å². The van der Waals surface area contributed by atoms with Gasteiger partial charge in [-0.05, 0) is 102 Å². The van der Waals surface area contributed by atoms with Gasteiger partial charge in [0.25, 0.3) is 0 Å². The van der Waals surface area contributed by atoms with Crippen molar-refractivity contribution in [2.75, 3.05) is 55.8 Å². The SMILES string of the molecule is CCCCCCCCCCCCCCCCCCOC(=O)Nc1ccc(Cc2ccc(NC(=O)C(C)(C)C(=O)NCCN(C)CCNC(=O)C(C)(C)C(=O)Nc3ccc(C)cc3)cc2)cc1. The third-order valence-electron chi connectivity index (χ3n) is 12.2. The molecular formula is C54H82N6O6. The average molecular weight is 911 g/mol. The molecule has 0 heterocycles. The minimum absolute atomic E-state index is 0.305. The maximum atomic E-state index is 13.2. The molecule has 3 aromatic carbocycles. The molecule has 0 aliphatic heterocycles. The number of carbonyl (C=O) groups excluding carboxylic acids is 5. The Bertz CT molecular complexity index is 1900. The summed E-state index contributed by atoms with van der Waals surface area (Å²) in [6.45, 7) is 12.6. The number of amides is 5. The topological polar surface area (TPSA) is 158 Å². The lowest BCUT2D eigenvalue weighted by Gasteiger charge is -2.25. The van der Waals surface area contributed by atoms with Gasteiger partial charge in [0.15, 0.2) is 0 Å². The van der Waals surface area contributed by atoms with Gasteiger partial charge in [0.1, 0.15) is 10.8 Å². The molecule has 5 amide bonds. The summed E-state index contributed by atoms with van der Waals surface area (Å²) in [4.78, 5) is 66.3. The van der Waals surface area contributed by atoms with Crippen LogP contribution in [0.25, 0.3) is 0 Å². The molecule has 0 atom stereocenters. The molecule has 0 spiro atoms. The van der Waals surface area contributed by atoms with E-state index in [1.165, 1.54) is 89.9 Å². The summed E-state index contributed by atoms with van der Waals surface area (Å²) >= 11 is 0. The van der Waals surface area contributed by atoms with Crippen molar-refractivity contribution < 1.29 is 28.7 Å². The molecule has 3 rings (SSSR count). The Kier molecular flexibility index (Phi) is 25.2. The highest BCUT2D eigenvalue weighted by molar-refractivity contribution is 6.10. The summed E-state index contributed by atoms with van der Waals surface area (Å²) in [6.07, 6.45) is 21.1. The van der Waals surface area contributed by atoms with E-state index in [9.17, 15) is 24.0 Å². The molecule has 364 valence electrons. The number of aryl methyl sites for hydroxylation is 1. The standard InChI is InChI=1S/C54H82N6O6/c1-8-9-10-11-12-13-14-15-16-17-18-19-20-21-22-23-40-66-52(65)59-47-34-28-44(29-35-47)41-43-26-32-46(33-27-43)58-51(64)54(5,6)49(62)56-37-39-60(7)38-36-55-48(61)53(3,4)50(63)57-45-30-24-42(2)25-31-45/h24-35H,8-23,36-41H2,1-7H3,(H,55,61)(H,56,62)(H,57,63)(H,58,64)(H,59,65). The van der Waals surface area contributed by atoms with Gasteiger partial charge in [-0.25, -0.2) is 4.79 Å². The predicted molar refractivity (Wildman–Crippen MR) is 270 cm³/mol. The summed E-state index contributed by atoms with van der Waals surface area (Å²) in [7, 11) is 1.86. The Balaban J connectivity index is 1.25. The number of likely N-dealkylation sites (N-methyl/N-ethyl adjacent to an activating group) is 1. The zero-order valence-corrected chi connectivity index (χ0v) is 41.4. The number of benzene rings is 3. The van der Waals surface area contributed by atoms with Gasteiger partial charge in [0.2, 0.25) is 23.6 Å². The first-order valence-electron chi connectivity index (χ1n) is 24.7. The lowest BCUT2D eigenvalue weighted by atomic mass is 9.91. The Labute approximate surface area is 396 Å². The second-order valence-electron chi connectivity index (χ2n) is 19.0. The molecule has 5 N–H and O–H groups in total. The van der Waals surface area contributed by atoms with Crippen LogP contribution in [0.3, 0.4) is 0 Å². The number of nitrogens with zero attached hydrogens (tertiary/aromatic N) is 1. The number of hydrogen-bond acceptors (Lipinski definition) is 7. The minimum Gasteiger partial charge on any atom is -0.449 e. The van der Waals surface area contributed by atoms with Crippen molar-refractivity contribution in [2.45, 2.75) is 151 Å². The van der Waals surface area contributed by atoms with E-state index < -0.39 is 34.6 Å². The zero-order valence-electron chi connectivity index (χ0n) is 41.4. The van der Waals surface area contributed by atoms with Crippen LogP contribution in [0.5, 0.6) is 0 Å². The summed E-state index contributed by atoms with van der Waals surface area (Å²) in [6, 6.07) is 22.5. The molecule has 12 nitrogen and oxygen atoms in total. The van der Waals surface area contributed by atoms with Gasteiger partial charge in [0, 0.05) is 43.2 Å². The molecule has 0 aliphatic rings. The van der Waals surface area contributed by atoms with Crippen molar-refractivity contribution in [3.05, 3.63) is 89.5 Å². The lowest BCUT2D eigenvalue weighted by molar-refractivity contribution is -0.139. The fourth-order valence-corrected chi connectivity index (χ4v) is 7.31. The van der Waals surface area contributed by atoms with Crippen LogP contribution < -0.4 is 26.6 Å². The molecule has 0 fully saturated rings. The lowest BCUT2D eigenvalue weighted by Crippen LogP contribution is -2.48. The number of unbranched alkanes of at least 4 members (excludes halogenated alkanes) is 15. The normalized spacial score (nSPS) is 11.5. The monoisotopic (exact) mass is 911 g/mol. The second-order valence-corrected chi connectivity index (χ2v) is 19.0. The number of nitrogens with one attached hydrogen (secondary N) is 5. The van der Waals surface area contributed by atoms with Gasteiger partial charge in [-0.15, -0.1) is 0 Å². The van der Waals surface area contributed by atoms with Gasteiger partial charge in [-0.2, -0.15) is 0 Å². The molecular weight excluding hydrogens is 829 g/mol. The number of ether oxygens (including phenoxy) is 1. The van der Waals surface area contributed by atoms with E-state index in [1.54, 1.807) is 39.8 Å². The number of anilines is 3. The van der Waals surface area contributed by atoms with Crippen LogP contribution in [0.2, 0.25) is 0 Å². The van der Waals surface area contributed by atoms with E-state index in [0.717, 1.165) is 29.5 Å². The molecule has 0 radical (unpaired) electrons. The first kappa shape index (κ1) is 55.1. The quantitative estimate of drug-likeness (QED) is 0.0308. The van der Waals surface area contributed by atoms with Gasteiger partial charge >= 0.3 is 6.09 Å². The zero-order chi connectivity index (χ0) is 48.2. The van der Waals surface area contributed by atoms with Crippen LogP contribution in [0.15, 0.2) is 72.8 Å². The van der Waals surface area contributed by atoms with Crippen LogP contribution in [0.1, 0.15) is 154 Å². The van der Waals surface area contributed by atoms with Crippen molar-refractivity contribution >= 4 is 46.8 Å². The highest BCUT2D eigenvalue weighted by Gasteiger charge is 2.37. The van der Waals surface area contributed by atoms with E-state index in [2.05, 4.69) is 33.5 Å². The van der Waals surface area contributed by atoms with Gasteiger partial charge in [0.05, 0.1) is 6.61 Å². The van der Waals surface area contributed by atoms with Gasteiger partial charge < -0.3 is 30.9 Å². The molecule has 0 unspecified atom stereocenters. The van der Waals surface area contributed by atoms with Gasteiger partial charge in [-0.1, -0.05) is 145 Å². The summed E-state index contributed by atoms with van der Waals surface area (Å²) < 4.78 is 5.41. The number of hydrogen-bond donors (Lipinski definition) is 5. The summed E-state index contributed by atoms with van der Waals surface area (Å²) in [5.74, 6) is -1.61. The molecule has 0 saturated heterocycles. The van der Waals surface area contributed by atoms with Crippen molar-refractivity contribution in [1.29, 1.82) is 0 Å². The molecule has 66 heavy (non-hydrogen) atoms. The Morgan fingerprint density at radius 3 is 1.23 bits per heavy atom. The molecule has 0 saturated carbocycles. The average Bonchev–Trinajstić information content (AvgIpc) is 3.29. The smallest absolute Gasteiger partial charge is 0.411 e. The maximum Gasteiger partial charge on any atom is 0.411 e. The fourth-order valence-electron chi connectivity index (χ4n) is 7.31. The first-order chi connectivity index (χ1) is 31.6. The van der Waals surface area contributed by atoms with Crippen molar-refractivity contribution in [3.8, 4) is 0 Å². The number of carbonyl (C=O) groups is 5. The van der Waals surface area contributed by atoms with Crippen LogP contribution in [0, 0.1) is 17.8 Å². The first-order valence-corrected chi connectivity index (χ1v) is 24.7. The largest absolute Gasteiger partial charge is 0.449 e. The molecule has 0 bridgehead atoms. The minimum atomic E-state index is -1.33. The van der Waals surface area contributed by atoms with Crippen molar-refractivity contribution in [3.63, 3.8) is 0 Å². The third kappa shape index (κ3) is 21.4. The highest BCUT2D eigenvalue weighted by Crippen LogP contribution is 2.22. The van der Waals surface area contributed by atoms with Crippen LogP contribution in [0.4, 0.5) is 21.9 Å². The fraction of sp³-hybridized carbons (Fsp3) is 0.574. The second kappa shape index (κ2) is 30.1. The Morgan fingerprint density at radius 1 is 0.485 bits per heavy atom. The van der Waals surface area contributed by atoms with Crippen molar-refractivity contribution in [1.82, 2.24) is 15.5 Å². The molecule has 0 aliphatic carbocycles. The van der Waals surface area contributed by atoms with Crippen LogP contribution in [-0.2, 0) is 30.3 Å². The van der Waals surface area contributed by atoms with Gasteiger partial charge in [-0.3, -0.25) is 24.5 Å². The maximum absolute atomic E-state index is 13.2. The summed E-state index contributed by atoms with van der Waals surface area (Å²) in [5, 5.41) is 14.2. The molecule has 12 heteroatoms. The molecule has 3 aromatic rings. The predicted octanol–water partition coefficient (Wildman–Crippen LogP) is 11.2. The van der Waals surface area contributed by atoms with Crippen molar-refractivity contribution in [2.24, 2.45) is 10.8 Å². The van der Waals surface area contributed by atoms with E-state index >= 15 is 0 Å². The van der Waals surface area contributed by atoms with E-state index in [4.69, 9.17) is 4.74 Å². The van der Waals surface area contributed by atoms with Crippen LogP contribution in [-0.4, -0.2) is 74.5 Å². The van der Waals surface area contributed by atoms with E-state index in [1.807, 2.05) is 79.5 Å². The number of rotatable bonds is 32.